The van der Waals surface area contributed by atoms with Crippen molar-refractivity contribution in [3.8, 4) is 0 Å². The Kier molecular flexibility index (Phi) is 4.77. The fourth-order valence-electron chi connectivity index (χ4n) is 2.18. The summed E-state index contributed by atoms with van der Waals surface area (Å²) in [5, 5.41) is 0. The molecule has 0 saturated carbocycles. The lowest BCUT2D eigenvalue weighted by Gasteiger charge is -2.28. The molecule has 1 heterocycles. The second kappa shape index (κ2) is 5.87. The summed E-state index contributed by atoms with van der Waals surface area (Å²) in [6.45, 7) is 5.73. The van der Waals surface area contributed by atoms with E-state index in [-0.39, 0.29) is 17.9 Å². The summed E-state index contributed by atoms with van der Waals surface area (Å²) in [4.78, 5) is 27.1. The van der Waals surface area contributed by atoms with Crippen LogP contribution < -0.4 is 0 Å². The highest BCUT2D eigenvalue weighted by molar-refractivity contribution is 5.90. The predicted octanol–water partition coefficient (Wildman–Crippen LogP) is 1.26. The molecule has 4 nitrogen and oxygen atoms in total. The summed E-state index contributed by atoms with van der Waals surface area (Å²) in [5.74, 6) is 0.211. The first-order valence-electron chi connectivity index (χ1n) is 6.16. The molecule has 2 amide bonds. The summed E-state index contributed by atoms with van der Waals surface area (Å²) in [5.41, 5.74) is 0. The molecule has 0 aliphatic carbocycles. The zero-order valence-electron chi connectivity index (χ0n) is 10.5. The van der Waals surface area contributed by atoms with Crippen LogP contribution in [0.2, 0.25) is 0 Å². The van der Waals surface area contributed by atoms with E-state index in [1.54, 1.807) is 11.9 Å². The van der Waals surface area contributed by atoms with Crippen molar-refractivity contribution in [3.63, 3.8) is 0 Å². The molecular formula is C12H22N2O2. The molecule has 1 aliphatic heterocycles. The van der Waals surface area contributed by atoms with Crippen LogP contribution in [0.4, 0.5) is 0 Å². The van der Waals surface area contributed by atoms with Crippen LogP contribution in [0.15, 0.2) is 0 Å². The van der Waals surface area contributed by atoms with E-state index >= 15 is 0 Å². The second-order valence-corrected chi connectivity index (χ2v) is 4.38. The summed E-state index contributed by atoms with van der Waals surface area (Å²) in [6, 6.07) is -0.217. The average molecular weight is 226 g/mol. The third-order valence-corrected chi connectivity index (χ3v) is 3.08. The van der Waals surface area contributed by atoms with Crippen molar-refractivity contribution in [3.05, 3.63) is 0 Å². The molecule has 0 radical (unpaired) electrons. The zero-order chi connectivity index (χ0) is 12.1. The molecule has 4 heteroatoms. The number of amides is 2. The van der Waals surface area contributed by atoms with E-state index in [1.807, 2.05) is 4.90 Å². The molecule has 0 aromatic heterocycles. The summed E-state index contributed by atoms with van der Waals surface area (Å²) in [7, 11) is 1.73. The van der Waals surface area contributed by atoms with Crippen molar-refractivity contribution in [1.29, 1.82) is 0 Å². The zero-order valence-corrected chi connectivity index (χ0v) is 10.5. The van der Waals surface area contributed by atoms with E-state index in [9.17, 15) is 9.59 Å². The van der Waals surface area contributed by atoms with E-state index in [2.05, 4.69) is 13.8 Å². The van der Waals surface area contributed by atoms with Crippen LogP contribution in [0.3, 0.4) is 0 Å². The maximum absolute atomic E-state index is 12.2. The Bertz CT molecular complexity index is 260. The molecule has 1 fully saturated rings. The first-order valence-corrected chi connectivity index (χ1v) is 6.16. The van der Waals surface area contributed by atoms with E-state index in [0.29, 0.717) is 12.8 Å². The number of carbonyl (C=O) groups is 2. The van der Waals surface area contributed by atoms with Gasteiger partial charge in [0.15, 0.2) is 0 Å². The van der Waals surface area contributed by atoms with E-state index in [1.165, 1.54) is 0 Å². The van der Waals surface area contributed by atoms with Gasteiger partial charge in [-0.3, -0.25) is 9.59 Å². The van der Waals surface area contributed by atoms with Crippen LogP contribution in [0.5, 0.6) is 0 Å². The number of likely N-dealkylation sites (tertiary alicyclic amines) is 1. The smallest absolute Gasteiger partial charge is 0.245 e. The maximum atomic E-state index is 12.2. The SMILES string of the molecule is CCCN(CCC)C(=O)C1CCC(=O)N1C. The highest BCUT2D eigenvalue weighted by Crippen LogP contribution is 2.18. The fourth-order valence-corrected chi connectivity index (χ4v) is 2.18. The summed E-state index contributed by atoms with van der Waals surface area (Å²) >= 11 is 0. The van der Waals surface area contributed by atoms with Gasteiger partial charge in [0, 0.05) is 26.6 Å². The lowest BCUT2D eigenvalue weighted by molar-refractivity contribution is -0.140. The van der Waals surface area contributed by atoms with Crippen molar-refractivity contribution in [1.82, 2.24) is 9.80 Å². The Labute approximate surface area is 97.6 Å². The first kappa shape index (κ1) is 13.0. The monoisotopic (exact) mass is 226 g/mol. The number of carbonyl (C=O) groups excluding carboxylic acids is 2. The van der Waals surface area contributed by atoms with Gasteiger partial charge in [0.2, 0.25) is 11.8 Å². The van der Waals surface area contributed by atoms with Gasteiger partial charge in [-0.05, 0) is 19.3 Å². The molecule has 0 aromatic rings. The fraction of sp³-hybridized carbons (Fsp3) is 0.833. The lowest BCUT2D eigenvalue weighted by Crippen LogP contribution is -2.45. The van der Waals surface area contributed by atoms with E-state index in [0.717, 1.165) is 25.9 Å². The van der Waals surface area contributed by atoms with Crippen molar-refractivity contribution in [2.45, 2.75) is 45.6 Å². The Morgan fingerprint density at radius 1 is 1.38 bits per heavy atom. The van der Waals surface area contributed by atoms with Gasteiger partial charge in [0.25, 0.3) is 0 Å². The van der Waals surface area contributed by atoms with Gasteiger partial charge in [0.1, 0.15) is 6.04 Å². The molecule has 1 saturated heterocycles. The molecule has 1 rings (SSSR count). The van der Waals surface area contributed by atoms with Crippen molar-refractivity contribution in [2.24, 2.45) is 0 Å². The molecule has 1 unspecified atom stereocenters. The molecule has 1 atom stereocenters. The van der Waals surface area contributed by atoms with E-state index in [4.69, 9.17) is 0 Å². The van der Waals surface area contributed by atoms with Crippen molar-refractivity contribution in [2.75, 3.05) is 20.1 Å². The van der Waals surface area contributed by atoms with Crippen molar-refractivity contribution < 1.29 is 9.59 Å². The van der Waals surface area contributed by atoms with Crippen LogP contribution >= 0.6 is 0 Å². The normalized spacial score (nSPS) is 20.3. The van der Waals surface area contributed by atoms with Crippen LogP contribution in [-0.4, -0.2) is 47.8 Å². The largest absolute Gasteiger partial charge is 0.341 e. The summed E-state index contributed by atoms with van der Waals surface area (Å²) in [6.07, 6.45) is 3.13. The van der Waals surface area contributed by atoms with Crippen LogP contribution in [-0.2, 0) is 9.59 Å². The molecule has 92 valence electrons. The van der Waals surface area contributed by atoms with Gasteiger partial charge < -0.3 is 9.80 Å². The van der Waals surface area contributed by atoms with Crippen LogP contribution in [0.1, 0.15) is 39.5 Å². The van der Waals surface area contributed by atoms with Gasteiger partial charge in [0.05, 0.1) is 0 Å². The minimum absolute atomic E-state index is 0.0892. The van der Waals surface area contributed by atoms with Gasteiger partial charge >= 0.3 is 0 Å². The van der Waals surface area contributed by atoms with Crippen LogP contribution in [0.25, 0.3) is 0 Å². The number of hydrogen-bond acceptors (Lipinski definition) is 2. The molecule has 1 aliphatic rings. The highest BCUT2D eigenvalue weighted by atomic mass is 16.2. The molecule has 0 spiro atoms. The predicted molar refractivity (Wildman–Crippen MR) is 63.0 cm³/mol. The molecule has 0 bridgehead atoms. The standard InChI is InChI=1S/C12H22N2O2/c1-4-8-14(9-5-2)12(16)10-6-7-11(15)13(10)3/h10H,4-9H2,1-3H3. The van der Waals surface area contributed by atoms with E-state index < -0.39 is 0 Å². The Morgan fingerprint density at radius 2 is 1.94 bits per heavy atom. The molecule has 16 heavy (non-hydrogen) atoms. The quantitative estimate of drug-likeness (QED) is 0.708. The maximum Gasteiger partial charge on any atom is 0.245 e. The number of rotatable bonds is 5. The van der Waals surface area contributed by atoms with Crippen LogP contribution in [0, 0.1) is 0 Å². The molecule has 0 aromatic carbocycles. The Morgan fingerprint density at radius 3 is 2.31 bits per heavy atom. The Hall–Kier alpha value is -1.06. The van der Waals surface area contributed by atoms with Gasteiger partial charge in [-0.15, -0.1) is 0 Å². The van der Waals surface area contributed by atoms with Gasteiger partial charge in [-0.1, -0.05) is 13.8 Å². The van der Waals surface area contributed by atoms with Gasteiger partial charge in [-0.25, -0.2) is 0 Å². The molecular weight excluding hydrogens is 204 g/mol. The minimum Gasteiger partial charge on any atom is -0.341 e. The number of nitrogens with zero attached hydrogens (tertiary/aromatic N) is 2. The summed E-state index contributed by atoms with van der Waals surface area (Å²) < 4.78 is 0. The number of likely N-dealkylation sites (N-methyl/N-ethyl adjacent to an activating group) is 1. The third-order valence-electron chi connectivity index (χ3n) is 3.08. The second-order valence-electron chi connectivity index (χ2n) is 4.38. The molecule has 0 N–H and O–H groups in total. The average Bonchev–Trinajstić information content (AvgIpc) is 2.59. The minimum atomic E-state index is -0.217. The van der Waals surface area contributed by atoms with Crippen molar-refractivity contribution >= 4 is 11.8 Å². The third kappa shape index (κ3) is 2.74. The first-order chi connectivity index (χ1) is 7.61. The number of hydrogen-bond donors (Lipinski definition) is 0. The Balaban J connectivity index is 2.63. The lowest BCUT2D eigenvalue weighted by atomic mass is 10.2. The highest BCUT2D eigenvalue weighted by Gasteiger charge is 2.35. The topological polar surface area (TPSA) is 40.6 Å². The van der Waals surface area contributed by atoms with Gasteiger partial charge in [-0.2, -0.15) is 0 Å².